The Morgan fingerprint density at radius 2 is 1.83 bits per heavy atom. The highest BCUT2D eigenvalue weighted by atomic mass is 19.4. The first-order valence-corrected chi connectivity index (χ1v) is 6.73. The number of aromatic nitrogens is 2. The highest BCUT2D eigenvalue weighted by Gasteiger charge is 2.35. The Morgan fingerprint density at radius 1 is 1.21 bits per heavy atom. The molecule has 0 saturated heterocycles. The van der Waals surface area contributed by atoms with Crippen molar-refractivity contribution in [2.75, 3.05) is 26.1 Å². The van der Waals surface area contributed by atoms with Crippen LogP contribution in [0.1, 0.15) is 12.2 Å². The van der Waals surface area contributed by atoms with Crippen LogP contribution < -0.4 is 14.8 Å². The van der Waals surface area contributed by atoms with Crippen LogP contribution in [0.3, 0.4) is 0 Å². The minimum atomic E-state index is -4.75. The summed E-state index contributed by atoms with van der Waals surface area (Å²) in [4.78, 5) is 17.5. The van der Waals surface area contributed by atoms with Crippen molar-refractivity contribution in [3.05, 3.63) is 18.0 Å². The molecular formula is C14H14F3N3O4. The van der Waals surface area contributed by atoms with Crippen LogP contribution >= 0.6 is 0 Å². The van der Waals surface area contributed by atoms with Gasteiger partial charge in [0.1, 0.15) is 5.82 Å². The minimum Gasteiger partial charge on any atom is -0.493 e. The van der Waals surface area contributed by atoms with Crippen LogP contribution in [0, 0.1) is 0 Å². The molecule has 2 N–H and O–H groups in total. The van der Waals surface area contributed by atoms with E-state index in [1.54, 1.807) is 0 Å². The number of rotatable bonds is 6. The number of fused-ring (bicyclic) bond motifs is 1. The number of nitrogens with zero attached hydrogens (tertiary/aromatic N) is 2. The number of hydrogen-bond acceptors (Lipinski definition) is 6. The lowest BCUT2D eigenvalue weighted by Crippen LogP contribution is -2.15. The van der Waals surface area contributed by atoms with Crippen LogP contribution in [0.5, 0.6) is 11.5 Å². The molecule has 1 aromatic carbocycles. The van der Waals surface area contributed by atoms with Gasteiger partial charge in [-0.25, -0.2) is 9.97 Å². The Labute approximate surface area is 134 Å². The first kappa shape index (κ1) is 17.6. The normalized spacial score (nSPS) is 11.4. The molecule has 0 unspecified atom stereocenters. The van der Waals surface area contributed by atoms with Crippen LogP contribution in [0.25, 0.3) is 10.9 Å². The first-order chi connectivity index (χ1) is 11.3. The Kier molecular flexibility index (Phi) is 4.96. The van der Waals surface area contributed by atoms with Crippen molar-refractivity contribution in [2.24, 2.45) is 0 Å². The zero-order chi connectivity index (χ0) is 17.9. The van der Waals surface area contributed by atoms with Crippen LogP contribution in [0.15, 0.2) is 12.1 Å². The number of methoxy groups -OCH3 is 2. The van der Waals surface area contributed by atoms with Crippen LogP contribution in [-0.2, 0) is 11.0 Å². The van der Waals surface area contributed by atoms with E-state index >= 15 is 0 Å². The Hall–Kier alpha value is -2.78. The zero-order valence-corrected chi connectivity index (χ0v) is 12.8. The van der Waals surface area contributed by atoms with E-state index in [0.717, 1.165) is 0 Å². The molecular weight excluding hydrogens is 331 g/mol. The molecule has 10 heteroatoms. The third-order valence-electron chi connectivity index (χ3n) is 3.09. The lowest BCUT2D eigenvalue weighted by Gasteiger charge is -2.14. The van der Waals surface area contributed by atoms with Gasteiger partial charge in [0.25, 0.3) is 0 Å². The molecule has 0 aliphatic heterocycles. The van der Waals surface area contributed by atoms with Gasteiger partial charge in [0, 0.05) is 18.0 Å². The van der Waals surface area contributed by atoms with Crippen LogP contribution in [0.4, 0.5) is 19.0 Å². The van der Waals surface area contributed by atoms with E-state index in [1.807, 2.05) is 0 Å². The minimum absolute atomic E-state index is 0.00667. The highest BCUT2D eigenvalue weighted by molar-refractivity contribution is 5.92. The third kappa shape index (κ3) is 3.76. The predicted molar refractivity (Wildman–Crippen MR) is 78.4 cm³/mol. The summed E-state index contributed by atoms with van der Waals surface area (Å²) >= 11 is 0. The van der Waals surface area contributed by atoms with E-state index in [0.29, 0.717) is 0 Å². The molecule has 0 amide bonds. The van der Waals surface area contributed by atoms with Crippen LogP contribution in [-0.4, -0.2) is 41.8 Å². The summed E-state index contributed by atoms with van der Waals surface area (Å²) in [6.45, 7) is -0.0902. The number of alkyl halides is 3. The lowest BCUT2D eigenvalue weighted by atomic mass is 10.2. The van der Waals surface area contributed by atoms with Gasteiger partial charge in [0.15, 0.2) is 11.5 Å². The number of nitrogens with one attached hydrogen (secondary N) is 1. The van der Waals surface area contributed by atoms with Gasteiger partial charge in [-0.05, 0) is 6.07 Å². The van der Waals surface area contributed by atoms with E-state index in [-0.39, 0.29) is 41.2 Å². The molecule has 7 nitrogen and oxygen atoms in total. The molecule has 1 aromatic heterocycles. The summed E-state index contributed by atoms with van der Waals surface area (Å²) in [5.74, 6) is -2.05. The molecule has 0 radical (unpaired) electrons. The molecule has 0 saturated carbocycles. The highest BCUT2D eigenvalue weighted by Crippen LogP contribution is 2.36. The molecule has 0 aliphatic carbocycles. The van der Waals surface area contributed by atoms with Crippen molar-refractivity contribution < 1.29 is 32.5 Å². The maximum absolute atomic E-state index is 13.0. The van der Waals surface area contributed by atoms with Gasteiger partial charge in [-0.1, -0.05) is 0 Å². The molecule has 0 spiro atoms. The largest absolute Gasteiger partial charge is 0.493 e. The summed E-state index contributed by atoms with van der Waals surface area (Å²) in [5, 5.41) is 11.5. The number of benzene rings is 1. The number of aliphatic carboxylic acids is 1. The predicted octanol–water partition coefficient (Wildman–Crippen LogP) is 2.55. The van der Waals surface area contributed by atoms with E-state index < -0.39 is 18.0 Å². The smallest absolute Gasteiger partial charge is 0.451 e. The molecule has 2 rings (SSSR count). The van der Waals surface area contributed by atoms with Gasteiger partial charge in [-0.3, -0.25) is 4.79 Å². The summed E-state index contributed by atoms with van der Waals surface area (Å²) in [6, 6.07) is 2.73. The average molecular weight is 345 g/mol. The van der Waals surface area contributed by atoms with Crippen molar-refractivity contribution in [2.45, 2.75) is 12.6 Å². The number of ether oxygens (including phenoxy) is 2. The quantitative estimate of drug-likeness (QED) is 0.831. The summed E-state index contributed by atoms with van der Waals surface area (Å²) in [5.41, 5.74) is -0.00667. The number of hydrogen-bond donors (Lipinski definition) is 2. The van der Waals surface area contributed by atoms with Gasteiger partial charge in [0.05, 0.1) is 26.2 Å². The van der Waals surface area contributed by atoms with E-state index in [4.69, 9.17) is 14.6 Å². The van der Waals surface area contributed by atoms with Gasteiger partial charge in [-0.2, -0.15) is 13.2 Å². The Balaban J connectivity index is 2.59. The summed E-state index contributed by atoms with van der Waals surface area (Å²) < 4.78 is 49.1. The fourth-order valence-corrected chi connectivity index (χ4v) is 2.01. The maximum atomic E-state index is 13.0. The van der Waals surface area contributed by atoms with E-state index in [2.05, 4.69) is 15.3 Å². The monoisotopic (exact) mass is 345 g/mol. The zero-order valence-electron chi connectivity index (χ0n) is 12.8. The van der Waals surface area contributed by atoms with Gasteiger partial charge in [0.2, 0.25) is 5.82 Å². The van der Waals surface area contributed by atoms with Crippen molar-refractivity contribution in [1.29, 1.82) is 0 Å². The van der Waals surface area contributed by atoms with Gasteiger partial charge in [-0.15, -0.1) is 0 Å². The lowest BCUT2D eigenvalue weighted by molar-refractivity contribution is -0.144. The number of halogens is 3. The van der Waals surface area contributed by atoms with Crippen molar-refractivity contribution >= 4 is 22.7 Å². The molecule has 1 heterocycles. The molecule has 0 bridgehead atoms. The Morgan fingerprint density at radius 3 is 2.38 bits per heavy atom. The van der Waals surface area contributed by atoms with Gasteiger partial charge < -0.3 is 19.9 Å². The fraction of sp³-hybridized carbons (Fsp3) is 0.357. The van der Waals surface area contributed by atoms with Gasteiger partial charge >= 0.3 is 12.1 Å². The molecule has 24 heavy (non-hydrogen) atoms. The first-order valence-electron chi connectivity index (χ1n) is 6.73. The SMILES string of the molecule is COc1cc2nc(C(F)(F)F)nc(NCCC(=O)O)c2cc1OC. The second-order valence-electron chi connectivity index (χ2n) is 4.69. The summed E-state index contributed by atoms with van der Waals surface area (Å²) in [7, 11) is 2.73. The number of carboxylic acid groups (broad SMARTS) is 1. The van der Waals surface area contributed by atoms with Crippen molar-refractivity contribution in [3.63, 3.8) is 0 Å². The van der Waals surface area contributed by atoms with Crippen molar-refractivity contribution in [1.82, 2.24) is 9.97 Å². The number of carbonyl (C=O) groups is 1. The average Bonchev–Trinajstić information content (AvgIpc) is 2.51. The maximum Gasteiger partial charge on any atom is 0.451 e. The van der Waals surface area contributed by atoms with Crippen LogP contribution in [0.2, 0.25) is 0 Å². The van der Waals surface area contributed by atoms with Crippen molar-refractivity contribution in [3.8, 4) is 11.5 Å². The Bertz CT molecular complexity index is 765. The molecule has 2 aromatic rings. The second kappa shape index (κ2) is 6.77. The fourth-order valence-electron chi connectivity index (χ4n) is 2.01. The summed E-state index contributed by atoms with van der Waals surface area (Å²) in [6.07, 6.45) is -5.02. The molecule has 0 atom stereocenters. The van der Waals surface area contributed by atoms with E-state index in [1.165, 1.54) is 26.4 Å². The number of anilines is 1. The number of carboxylic acids is 1. The molecule has 0 aliphatic rings. The standard InChI is InChI=1S/C14H14F3N3O4/c1-23-9-5-7-8(6-10(9)24-2)19-13(14(15,16)17)20-12(7)18-4-3-11(21)22/h5-6H,3-4H2,1-2H3,(H,21,22)(H,18,19,20). The molecule has 0 fully saturated rings. The molecule has 130 valence electrons. The second-order valence-corrected chi connectivity index (χ2v) is 4.69. The third-order valence-corrected chi connectivity index (χ3v) is 3.09. The van der Waals surface area contributed by atoms with E-state index in [9.17, 15) is 18.0 Å². The topological polar surface area (TPSA) is 93.6 Å².